The van der Waals surface area contributed by atoms with Crippen LogP contribution in [-0.2, 0) is 4.79 Å². The molecule has 2 aromatic carbocycles. The molecule has 2 aliphatic rings. The number of nitriles is 1. The lowest BCUT2D eigenvalue weighted by atomic mass is 9.75. The molecule has 4 rings (SSSR count). The first kappa shape index (κ1) is 20.5. The van der Waals surface area contributed by atoms with Crippen LogP contribution in [0.25, 0.3) is 0 Å². The number of Topliss-reactive ketones (excluding diaryl/α,β-unsaturated/α-hetero) is 1. The van der Waals surface area contributed by atoms with Gasteiger partial charge in [-0.15, -0.1) is 0 Å². The van der Waals surface area contributed by atoms with Crippen molar-refractivity contribution in [1.82, 2.24) is 0 Å². The summed E-state index contributed by atoms with van der Waals surface area (Å²) in [6, 6.07) is 13.4. The van der Waals surface area contributed by atoms with Crippen molar-refractivity contribution in [1.29, 1.82) is 5.26 Å². The van der Waals surface area contributed by atoms with E-state index in [-0.39, 0.29) is 23.0 Å². The molecule has 0 unspecified atom stereocenters. The molecular formula is C24H22FN3O3. The summed E-state index contributed by atoms with van der Waals surface area (Å²) >= 11 is 0. The summed E-state index contributed by atoms with van der Waals surface area (Å²) in [4.78, 5) is 14.8. The van der Waals surface area contributed by atoms with Gasteiger partial charge < -0.3 is 15.2 Å². The molecule has 2 N–H and O–H groups in total. The highest BCUT2D eigenvalue weighted by Gasteiger charge is 2.40. The number of hydrogen-bond donors (Lipinski definition) is 1. The van der Waals surface area contributed by atoms with Crippen molar-refractivity contribution in [2.24, 2.45) is 5.73 Å². The van der Waals surface area contributed by atoms with E-state index in [1.807, 2.05) is 6.07 Å². The highest BCUT2D eigenvalue weighted by atomic mass is 19.1. The summed E-state index contributed by atoms with van der Waals surface area (Å²) < 4.78 is 24.2. The second-order valence-corrected chi connectivity index (χ2v) is 7.41. The van der Waals surface area contributed by atoms with Crippen molar-refractivity contribution >= 4 is 11.5 Å². The third-order valence-electron chi connectivity index (χ3n) is 5.74. The maximum atomic E-state index is 13.5. The molecule has 31 heavy (non-hydrogen) atoms. The second-order valence-electron chi connectivity index (χ2n) is 7.41. The summed E-state index contributed by atoms with van der Waals surface area (Å²) in [5, 5.41) is 10.0. The Labute approximate surface area is 180 Å². The molecule has 0 bridgehead atoms. The lowest BCUT2D eigenvalue weighted by molar-refractivity contribution is -0.116. The zero-order chi connectivity index (χ0) is 22.1. The van der Waals surface area contributed by atoms with Crippen molar-refractivity contribution in [2.45, 2.75) is 25.2 Å². The summed E-state index contributed by atoms with van der Waals surface area (Å²) in [6.45, 7) is 0. The van der Waals surface area contributed by atoms with Crippen LogP contribution in [0.5, 0.6) is 11.5 Å². The number of carbonyl (C=O) groups excluding carboxylic acids is 1. The monoisotopic (exact) mass is 419 g/mol. The van der Waals surface area contributed by atoms with Crippen LogP contribution in [0.4, 0.5) is 10.1 Å². The maximum Gasteiger partial charge on any atom is 0.161 e. The van der Waals surface area contributed by atoms with E-state index in [0.29, 0.717) is 42.0 Å². The molecule has 158 valence electrons. The number of benzene rings is 2. The Morgan fingerprint density at radius 1 is 1.10 bits per heavy atom. The lowest BCUT2D eigenvalue weighted by Crippen LogP contribution is -2.38. The highest BCUT2D eigenvalue weighted by Crippen LogP contribution is 2.47. The van der Waals surface area contributed by atoms with E-state index in [9.17, 15) is 14.4 Å². The first-order valence-electron chi connectivity index (χ1n) is 9.93. The van der Waals surface area contributed by atoms with Gasteiger partial charge in [0.05, 0.1) is 31.8 Å². The van der Waals surface area contributed by atoms with Crippen molar-refractivity contribution in [3.8, 4) is 17.6 Å². The summed E-state index contributed by atoms with van der Waals surface area (Å²) in [5.41, 5.74) is 9.40. The molecule has 1 heterocycles. The van der Waals surface area contributed by atoms with E-state index >= 15 is 0 Å². The van der Waals surface area contributed by atoms with Crippen LogP contribution in [0.1, 0.15) is 30.7 Å². The molecule has 2 aromatic rings. The van der Waals surface area contributed by atoms with Gasteiger partial charge in [-0.2, -0.15) is 5.26 Å². The minimum absolute atomic E-state index is 0.0200. The number of ether oxygens (including phenoxy) is 2. The van der Waals surface area contributed by atoms with Crippen LogP contribution in [0.2, 0.25) is 0 Å². The molecule has 6 nitrogen and oxygen atoms in total. The number of nitrogens with two attached hydrogens (primary N) is 1. The molecule has 1 atom stereocenters. The lowest BCUT2D eigenvalue weighted by Gasteiger charge is -2.39. The van der Waals surface area contributed by atoms with E-state index in [1.54, 1.807) is 36.3 Å². The predicted octanol–water partition coefficient (Wildman–Crippen LogP) is 4.15. The van der Waals surface area contributed by atoms with Gasteiger partial charge in [0, 0.05) is 23.4 Å². The third kappa shape index (κ3) is 3.40. The van der Waals surface area contributed by atoms with Crippen molar-refractivity contribution in [2.75, 3.05) is 19.1 Å². The van der Waals surface area contributed by atoms with E-state index in [0.717, 1.165) is 11.3 Å². The number of hydrogen-bond acceptors (Lipinski definition) is 6. The zero-order valence-electron chi connectivity index (χ0n) is 17.3. The normalized spacial score (nSPS) is 18.6. The topological polar surface area (TPSA) is 88.6 Å². The largest absolute Gasteiger partial charge is 0.493 e. The van der Waals surface area contributed by atoms with Gasteiger partial charge in [-0.05, 0) is 54.8 Å². The van der Waals surface area contributed by atoms with Crippen molar-refractivity contribution in [3.63, 3.8) is 0 Å². The van der Waals surface area contributed by atoms with Crippen molar-refractivity contribution in [3.05, 3.63) is 76.5 Å². The quantitative estimate of drug-likeness (QED) is 0.801. The van der Waals surface area contributed by atoms with E-state index in [2.05, 4.69) is 6.07 Å². The molecule has 0 saturated heterocycles. The average molecular weight is 419 g/mol. The Balaban J connectivity index is 1.94. The van der Waals surface area contributed by atoms with Gasteiger partial charge in [0.15, 0.2) is 17.3 Å². The number of rotatable bonds is 4. The van der Waals surface area contributed by atoms with Gasteiger partial charge in [0.1, 0.15) is 11.6 Å². The van der Waals surface area contributed by atoms with E-state index < -0.39 is 5.92 Å². The molecule has 0 spiro atoms. The first-order valence-corrected chi connectivity index (χ1v) is 9.93. The molecule has 7 heteroatoms. The number of anilines is 1. The molecular weight excluding hydrogens is 397 g/mol. The van der Waals surface area contributed by atoms with Gasteiger partial charge in [-0.3, -0.25) is 9.69 Å². The third-order valence-corrected chi connectivity index (χ3v) is 5.74. The number of ketones is 1. The van der Waals surface area contributed by atoms with Crippen LogP contribution in [0, 0.1) is 17.1 Å². The summed E-state index contributed by atoms with van der Waals surface area (Å²) in [5.74, 6) is 0.290. The van der Waals surface area contributed by atoms with E-state index in [4.69, 9.17) is 15.2 Å². The number of allylic oxidation sites excluding steroid dienone is 3. The molecule has 0 saturated carbocycles. The van der Waals surface area contributed by atoms with Crippen LogP contribution < -0.4 is 20.1 Å². The molecule has 0 radical (unpaired) electrons. The summed E-state index contributed by atoms with van der Waals surface area (Å²) in [7, 11) is 3.08. The summed E-state index contributed by atoms with van der Waals surface area (Å²) in [6.07, 6.45) is 1.71. The van der Waals surface area contributed by atoms with Gasteiger partial charge in [-0.25, -0.2) is 4.39 Å². The smallest absolute Gasteiger partial charge is 0.161 e. The Bertz CT molecular complexity index is 1150. The highest BCUT2D eigenvalue weighted by molar-refractivity contribution is 6.01. The number of methoxy groups -OCH3 is 2. The first-order chi connectivity index (χ1) is 15.0. The van der Waals surface area contributed by atoms with Gasteiger partial charge in [0.2, 0.25) is 0 Å². The Morgan fingerprint density at radius 3 is 2.45 bits per heavy atom. The molecule has 0 fully saturated rings. The van der Waals surface area contributed by atoms with Crippen LogP contribution >= 0.6 is 0 Å². The van der Waals surface area contributed by atoms with Gasteiger partial charge in [0.25, 0.3) is 0 Å². The number of nitrogens with zero attached hydrogens (tertiary/aromatic N) is 2. The predicted molar refractivity (Wildman–Crippen MR) is 114 cm³/mol. The standard InChI is InChI=1S/C24H22FN3O3/c1-30-20-11-6-14(12-21(20)31-2)22-17(13-26)24(27)28(16-9-7-15(25)8-10-16)18-4-3-5-19(29)23(18)22/h6-12,22H,3-5,27H2,1-2H3/t22-/m0/s1. The molecule has 0 aromatic heterocycles. The minimum atomic E-state index is -0.607. The fourth-order valence-corrected chi connectivity index (χ4v) is 4.34. The molecule has 1 aliphatic heterocycles. The van der Waals surface area contributed by atoms with Gasteiger partial charge in [-0.1, -0.05) is 6.07 Å². The maximum absolute atomic E-state index is 13.5. The average Bonchev–Trinajstić information content (AvgIpc) is 2.79. The number of halogens is 1. The Kier molecular flexibility index (Phi) is 5.38. The Morgan fingerprint density at radius 2 is 1.81 bits per heavy atom. The fraction of sp³-hybridized carbons (Fsp3) is 0.250. The minimum Gasteiger partial charge on any atom is -0.493 e. The fourth-order valence-electron chi connectivity index (χ4n) is 4.34. The number of carbonyl (C=O) groups is 1. The van der Waals surface area contributed by atoms with Crippen molar-refractivity contribution < 1.29 is 18.7 Å². The zero-order valence-corrected chi connectivity index (χ0v) is 17.3. The van der Waals surface area contributed by atoms with E-state index in [1.165, 1.54) is 19.2 Å². The van der Waals surface area contributed by atoms with Gasteiger partial charge >= 0.3 is 0 Å². The molecule has 0 amide bonds. The second kappa shape index (κ2) is 8.15. The van der Waals surface area contributed by atoms with Crippen LogP contribution in [0.15, 0.2) is 65.1 Å². The van der Waals surface area contributed by atoms with Crippen LogP contribution in [0.3, 0.4) is 0 Å². The Hall–Kier alpha value is -3.79. The SMILES string of the molecule is COc1ccc([C@H]2C(C#N)=C(N)N(c3ccc(F)cc3)C3=C2C(=O)CCC3)cc1OC. The van der Waals surface area contributed by atoms with Crippen LogP contribution in [-0.4, -0.2) is 20.0 Å². The molecule has 1 aliphatic carbocycles.